The van der Waals surface area contributed by atoms with Crippen LogP contribution in [0.15, 0.2) is 47.4 Å². The van der Waals surface area contributed by atoms with E-state index in [0.717, 1.165) is 5.56 Å². The molecular weight excluding hydrogens is 350 g/mol. The summed E-state index contributed by atoms with van der Waals surface area (Å²) in [5, 5.41) is 3.19. The first kappa shape index (κ1) is 18.3. The molecule has 2 aromatic carbocycles. The van der Waals surface area contributed by atoms with Crippen molar-refractivity contribution in [2.75, 3.05) is 18.2 Å². The Morgan fingerprint density at radius 3 is 2.46 bits per heavy atom. The molecule has 0 heterocycles. The Balaban J connectivity index is 2.00. The first-order valence-electron chi connectivity index (χ1n) is 7.24. The fourth-order valence-electron chi connectivity index (χ4n) is 2.07. The minimum absolute atomic E-state index is 0.139. The Morgan fingerprint density at radius 2 is 1.83 bits per heavy atom. The van der Waals surface area contributed by atoms with Gasteiger partial charge < -0.3 is 10.1 Å². The Bertz CT molecular complexity index is 832. The number of methoxy groups -OCH3 is 1. The molecule has 0 saturated carbocycles. The van der Waals surface area contributed by atoms with Crippen molar-refractivity contribution in [1.29, 1.82) is 0 Å². The predicted octanol–water partition coefficient (Wildman–Crippen LogP) is 3.46. The Kier molecular flexibility index (Phi) is 5.85. The van der Waals surface area contributed by atoms with E-state index < -0.39 is 9.84 Å². The molecule has 128 valence electrons. The van der Waals surface area contributed by atoms with Crippen molar-refractivity contribution in [3.05, 3.63) is 53.1 Å². The maximum Gasteiger partial charge on any atom is 0.225 e. The molecule has 1 amide bonds. The van der Waals surface area contributed by atoms with Crippen molar-refractivity contribution in [2.24, 2.45) is 0 Å². The number of carbonyl (C=O) groups excluding carboxylic acids is 1. The molecule has 2 rings (SSSR count). The number of sulfone groups is 1. The highest BCUT2D eigenvalue weighted by Crippen LogP contribution is 2.21. The molecule has 2 aromatic rings. The van der Waals surface area contributed by atoms with Crippen LogP contribution in [0.3, 0.4) is 0 Å². The van der Waals surface area contributed by atoms with E-state index in [4.69, 9.17) is 16.3 Å². The molecule has 1 N–H and O–H groups in total. The fourth-order valence-corrected chi connectivity index (χ4v) is 3.48. The van der Waals surface area contributed by atoms with E-state index in [-0.39, 0.29) is 23.0 Å². The van der Waals surface area contributed by atoms with Crippen molar-refractivity contribution < 1.29 is 17.9 Å². The van der Waals surface area contributed by atoms with Crippen LogP contribution in [0.4, 0.5) is 5.69 Å². The minimum Gasteiger partial charge on any atom is -0.497 e. The fraction of sp³-hybridized carbons (Fsp3) is 0.235. The normalized spacial score (nSPS) is 11.1. The van der Waals surface area contributed by atoms with Crippen molar-refractivity contribution in [1.82, 2.24) is 0 Å². The third-order valence-electron chi connectivity index (χ3n) is 3.49. The summed E-state index contributed by atoms with van der Waals surface area (Å²) in [5.41, 5.74) is 1.43. The molecule has 7 heteroatoms. The molecule has 0 aromatic heterocycles. The van der Waals surface area contributed by atoms with Gasteiger partial charge in [0, 0.05) is 17.1 Å². The quantitative estimate of drug-likeness (QED) is 0.848. The molecule has 24 heavy (non-hydrogen) atoms. The maximum absolute atomic E-state index is 12.3. The summed E-state index contributed by atoms with van der Waals surface area (Å²) in [4.78, 5) is 12.2. The second-order valence-corrected chi connectivity index (χ2v) is 7.80. The van der Waals surface area contributed by atoms with Gasteiger partial charge in [0.1, 0.15) is 5.75 Å². The van der Waals surface area contributed by atoms with Crippen LogP contribution in [0.1, 0.15) is 12.0 Å². The molecule has 0 aliphatic heterocycles. The zero-order valence-corrected chi connectivity index (χ0v) is 14.9. The summed E-state index contributed by atoms with van der Waals surface area (Å²) in [6.07, 6.45) is -0.139. The summed E-state index contributed by atoms with van der Waals surface area (Å²) in [6, 6.07) is 11.2. The standard InChI is InChI=1S/C17H18ClNO4S/c1-12-3-4-13(18)11-16(12)19-17(20)9-10-24(21,22)15-7-5-14(23-2)6-8-15/h3-8,11H,9-10H2,1-2H3,(H,19,20). The SMILES string of the molecule is COc1ccc(S(=O)(=O)CCC(=O)Nc2cc(Cl)ccc2C)cc1. The maximum atomic E-state index is 12.3. The summed E-state index contributed by atoms with van der Waals surface area (Å²) >= 11 is 5.90. The Labute approximate surface area is 146 Å². The minimum atomic E-state index is -3.53. The van der Waals surface area contributed by atoms with Gasteiger partial charge in [-0.15, -0.1) is 0 Å². The lowest BCUT2D eigenvalue weighted by Crippen LogP contribution is -2.18. The second kappa shape index (κ2) is 7.68. The van der Waals surface area contributed by atoms with Crippen LogP contribution in [0, 0.1) is 6.92 Å². The molecule has 0 radical (unpaired) electrons. The number of hydrogen-bond acceptors (Lipinski definition) is 4. The molecular formula is C17H18ClNO4S. The summed E-state index contributed by atoms with van der Waals surface area (Å²) < 4.78 is 29.5. The van der Waals surface area contributed by atoms with E-state index in [1.807, 2.05) is 6.92 Å². The molecule has 0 atom stereocenters. The van der Waals surface area contributed by atoms with Crippen LogP contribution in [0.5, 0.6) is 5.75 Å². The van der Waals surface area contributed by atoms with Gasteiger partial charge in [-0.05, 0) is 48.9 Å². The first-order chi connectivity index (χ1) is 11.3. The van der Waals surface area contributed by atoms with Gasteiger partial charge in [0.25, 0.3) is 0 Å². The third kappa shape index (κ3) is 4.72. The lowest BCUT2D eigenvalue weighted by atomic mass is 10.2. The van der Waals surface area contributed by atoms with E-state index in [1.165, 1.54) is 19.2 Å². The molecule has 0 aliphatic carbocycles. The monoisotopic (exact) mass is 367 g/mol. The topological polar surface area (TPSA) is 72.5 Å². The number of benzene rings is 2. The van der Waals surface area contributed by atoms with Gasteiger partial charge in [-0.25, -0.2) is 8.42 Å². The number of halogens is 1. The largest absolute Gasteiger partial charge is 0.497 e. The number of anilines is 1. The first-order valence-corrected chi connectivity index (χ1v) is 9.27. The zero-order valence-electron chi connectivity index (χ0n) is 13.4. The van der Waals surface area contributed by atoms with Gasteiger partial charge in [-0.2, -0.15) is 0 Å². The van der Waals surface area contributed by atoms with Gasteiger partial charge in [0.15, 0.2) is 9.84 Å². The lowest BCUT2D eigenvalue weighted by Gasteiger charge is -2.09. The van der Waals surface area contributed by atoms with Gasteiger partial charge in [0.05, 0.1) is 17.8 Å². The molecule has 0 unspecified atom stereocenters. The van der Waals surface area contributed by atoms with Crippen molar-refractivity contribution >= 4 is 33.0 Å². The highest BCUT2D eigenvalue weighted by atomic mass is 35.5. The number of aryl methyl sites for hydroxylation is 1. The summed E-state index contributed by atoms with van der Waals surface area (Å²) in [7, 11) is -2.03. The molecule has 0 aliphatic rings. The van der Waals surface area contributed by atoms with Gasteiger partial charge in [0.2, 0.25) is 5.91 Å². The number of amides is 1. The zero-order chi connectivity index (χ0) is 17.7. The highest BCUT2D eigenvalue weighted by Gasteiger charge is 2.17. The number of carbonyl (C=O) groups is 1. The van der Waals surface area contributed by atoms with Gasteiger partial charge in [-0.3, -0.25) is 4.79 Å². The van der Waals surface area contributed by atoms with Crippen LogP contribution in [0.2, 0.25) is 5.02 Å². The van der Waals surface area contributed by atoms with E-state index in [2.05, 4.69) is 5.32 Å². The van der Waals surface area contributed by atoms with Crippen molar-refractivity contribution in [2.45, 2.75) is 18.2 Å². The molecule has 0 saturated heterocycles. The van der Waals surface area contributed by atoms with Gasteiger partial charge >= 0.3 is 0 Å². The molecule has 5 nitrogen and oxygen atoms in total. The van der Waals surface area contributed by atoms with E-state index in [1.54, 1.807) is 30.3 Å². The smallest absolute Gasteiger partial charge is 0.225 e. The van der Waals surface area contributed by atoms with E-state index in [0.29, 0.717) is 16.5 Å². The summed E-state index contributed by atoms with van der Waals surface area (Å²) in [5.74, 6) is -0.0781. The van der Waals surface area contributed by atoms with Crippen LogP contribution in [0.25, 0.3) is 0 Å². The van der Waals surface area contributed by atoms with Crippen molar-refractivity contribution in [3.63, 3.8) is 0 Å². The number of ether oxygens (including phenoxy) is 1. The Morgan fingerprint density at radius 1 is 1.17 bits per heavy atom. The number of nitrogens with one attached hydrogen (secondary N) is 1. The van der Waals surface area contributed by atoms with Crippen LogP contribution in [-0.4, -0.2) is 27.2 Å². The average molecular weight is 368 g/mol. The number of hydrogen-bond donors (Lipinski definition) is 1. The summed E-state index contributed by atoms with van der Waals surface area (Å²) in [6.45, 7) is 1.83. The Hall–Kier alpha value is -2.05. The van der Waals surface area contributed by atoms with Crippen LogP contribution in [-0.2, 0) is 14.6 Å². The van der Waals surface area contributed by atoms with Crippen molar-refractivity contribution in [3.8, 4) is 5.75 Å². The molecule has 0 bridgehead atoms. The molecule has 0 spiro atoms. The van der Waals surface area contributed by atoms with Crippen LogP contribution < -0.4 is 10.1 Å². The van der Waals surface area contributed by atoms with Gasteiger partial charge in [-0.1, -0.05) is 17.7 Å². The number of rotatable bonds is 6. The van der Waals surface area contributed by atoms with Crippen LogP contribution >= 0.6 is 11.6 Å². The second-order valence-electron chi connectivity index (χ2n) is 5.25. The lowest BCUT2D eigenvalue weighted by molar-refractivity contribution is -0.115. The molecule has 0 fully saturated rings. The third-order valence-corrected chi connectivity index (χ3v) is 5.46. The van der Waals surface area contributed by atoms with E-state index >= 15 is 0 Å². The van der Waals surface area contributed by atoms with E-state index in [9.17, 15) is 13.2 Å². The average Bonchev–Trinajstić information content (AvgIpc) is 2.56. The predicted molar refractivity (Wildman–Crippen MR) is 94.5 cm³/mol. The highest BCUT2D eigenvalue weighted by molar-refractivity contribution is 7.91.